The normalized spacial score (nSPS) is 12.1. The first-order valence-corrected chi connectivity index (χ1v) is 3.79. The zero-order chi connectivity index (χ0) is 9.40. The van der Waals surface area contributed by atoms with Gasteiger partial charge < -0.3 is 15.7 Å². The molecule has 0 rings (SSSR count). The van der Waals surface area contributed by atoms with Crippen LogP contribution in [0.3, 0.4) is 0 Å². The molecule has 0 aliphatic carbocycles. The lowest BCUT2D eigenvalue weighted by atomic mass is 10.1. The van der Waals surface area contributed by atoms with Gasteiger partial charge in [0.25, 0.3) is 0 Å². The van der Waals surface area contributed by atoms with Crippen molar-refractivity contribution in [1.29, 1.82) is 0 Å². The van der Waals surface area contributed by atoms with Gasteiger partial charge in [0.05, 0.1) is 0 Å². The first-order valence-electron chi connectivity index (χ1n) is 3.79. The van der Waals surface area contributed by atoms with E-state index in [1.165, 1.54) is 0 Å². The molecule has 0 bridgehead atoms. The average Bonchev–Trinajstić information content (AvgIpc) is 2.04. The molecule has 0 aliphatic rings. The van der Waals surface area contributed by atoms with Crippen LogP contribution in [0.2, 0.25) is 0 Å². The third-order valence-electron chi connectivity index (χ3n) is 1.54. The van der Waals surface area contributed by atoms with E-state index in [1.807, 2.05) is 0 Å². The molecule has 5 heteroatoms. The van der Waals surface area contributed by atoms with Gasteiger partial charge in [-0.25, -0.2) is 0 Å². The third kappa shape index (κ3) is 4.68. The van der Waals surface area contributed by atoms with Crippen LogP contribution in [0, 0.1) is 0 Å². The molecule has 12 heavy (non-hydrogen) atoms. The van der Waals surface area contributed by atoms with E-state index in [2.05, 4.69) is 10.6 Å². The summed E-state index contributed by atoms with van der Waals surface area (Å²) in [5.41, 5.74) is 0. The molecule has 0 fully saturated rings. The maximum atomic E-state index is 10.4. The Hall–Kier alpha value is -1.10. The number of hydrogen-bond acceptors (Lipinski definition) is 3. The van der Waals surface area contributed by atoms with Crippen LogP contribution in [-0.2, 0) is 9.59 Å². The van der Waals surface area contributed by atoms with Crippen molar-refractivity contribution >= 4 is 12.4 Å². The Morgan fingerprint density at radius 2 is 2.33 bits per heavy atom. The lowest BCUT2D eigenvalue weighted by Crippen LogP contribution is -2.34. The number of hydrogen-bond donors (Lipinski definition) is 3. The molecule has 0 spiro atoms. The van der Waals surface area contributed by atoms with Crippen molar-refractivity contribution in [3.05, 3.63) is 0 Å². The fraction of sp³-hybridized carbons (Fsp3) is 0.714. The van der Waals surface area contributed by atoms with Gasteiger partial charge in [-0.3, -0.25) is 9.59 Å². The number of carbonyl (C=O) groups excluding carboxylic acids is 1. The molecule has 0 aliphatic heterocycles. The SMILES string of the molecule is CNC(CCCNC=O)C(=O)O. The highest BCUT2D eigenvalue weighted by Crippen LogP contribution is 1.95. The Balaban J connectivity index is 3.44. The molecule has 3 N–H and O–H groups in total. The van der Waals surface area contributed by atoms with Gasteiger partial charge >= 0.3 is 5.97 Å². The number of aliphatic carboxylic acids is 1. The average molecular weight is 174 g/mol. The van der Waals surface area contributed by atoms with Gasteiger partial charge in [0.15, 0.2) is 0 Å². The minimum Gasteiger partial charge on any atom is -0.480 e. The predicted molar refractivity (Wildman–Crippen MR) is 43.8 cm³/mol. The van der Waals surface area contributed by atoms with Gasteiger partial charge in [0.1, 0.15) is 6.04 Å². The maximum Gasteiger partial charge on any atom is 0.320 e. The van der Waals surface area contributed by atoms with E-state index < -0.39 is 12.0 Å². The number of carbonyl (C=O) groups is 2. The molecule has 0 saturated heterocycles. The number of likely N-dealkylation sites (N-methyl/N-ethyl adjacent to an activating group) is 1. The van der Waals surface area contributed by atoms with Crippen molar-refractivity contribution in [2.75, 3.05) is 13.6 Å². The molecular formula is C7H14N2O3. The van der Waals surface area contributed by atoms with Crippen LogP contribution in [0.25, 0.3) is 0 Å². The maximum absolute atomic E-state index is 10.4. The highest BCUT2D eigenvalue weighted by atomic mass is 16.4. The number of rotatable bonds is 7. The third-order valence-corrected chi connectivity index (χ3v) is 1.54. The molecule has 0 aromatic rings. The van der Waals surface area contributed by atoms with Gasteiger partial charge in [-0.05, 0) is 19.9 Å². The second kappa shape index (κ2) is 6.60. The van der Waals surface area contributed by atoms with E-state index in [0.717, 1.165) is 0 Å². The predicted octanol–water partition coefficient (Wildman–Crippen LogP) is -0.815. The van der Waals surface area contributed by atoms with Crippen molar-refractivity contribution in [2.45, 2.75) is 18.9 Å². The number of carboxylic acids is 1. The first kappa shape index (κ1) is 10.9. The summed E-state index contributed by atoms with van der Waals surface area (Å²) in [5.74, 6) is -0.858. The molecule has 5 nitrogen and oxygen atoms in total. The van der Waals surface area contributed by atoms with Crippen LogP contribution in [0.5, 0.6) is 0 Å². The van der Waals surface area contributed by atoms with Crippen LogP contribution in [0.4, 0.5) is 0 Å². The molecule has 0 heterocycles. The van der Waals surface area contributed by atoms with E-state index in [-0.39, 0.29) is 0 Å². The molecule has 1 amide bonds. The Morgan fingerprint density at radius 3 is 2.75 bits per heavy atom. The van der Waals surface area contributed by atoms with Crippen LogP contribution in [0.1, 0.15) is 12.8 Å². The highest BCUT2D eigenvalue weighted by Gasteiger charge is 2.12. The zero-order valence-corrected chi connectivity index (χ0v) is 7.04. The second-order valence-electron chi connectivity index (χ2n) is 2.39. The summed E-state index contributed by atoms with van der Waals surface area (Å²) in [7, 11) is 1.60. The largest absolute Gasteiger partial charge is 0.480 e. The molecule has 1 atom stereocenters. The first-order chi connectivity index (χ1) is 5.72. The zero-order valence-electron chi connectivity index (χ0n) is 7.04. The van der Waals surface area contributed by atoms with Gasteiger partial charge in [-0.15, -0.1) is 0 Å². The Kier molecular flexibility index (Phi) is 6.00. The van der Waals surface area contributed by atoms with Crippen LogP contribution in [-0.4, -0.2) is 37.1 Å². The summed E-state index contributed by atoms with van der Waals surface area (Å²) < 4.78 is 0. The lowest BCUT2D eigenvalue weighted by molar-refractivity contribution is -0.139. The van der Waals surface area contributed by atoms with Crippen molar-refractivity contribution in [3.63, 3.8) is 0 Å². The monoisotopic (exact) mass is 174 g/mol. The molecule has 0 radical (unpaired) electrons. The van der Waals surface area contributed by atoms with Crippen molar-refractivity contribution in [3.8, 4) is 0 Å². The topological polar surface area (TPSA) is 78.4 Å². The summed E-state index contributed by atoms with van der Waals surface area (Å²) >= 11 is 0. The minimum atomic E-state index is -0.858. The summed E-state index contributed by atoms with van der Waals surface area (Å²) in [6.07, 6.45) is 1.79. The molecule has 70 valence electrons. The summed E-state index contributed by atoms with van der Waals surface area (Å²) in [6, 6.07) is -0.515. The smallest absolute Gasteiger partial charge is 0.320 e. The Labute approximate surface area is 71.1 Å². The van der Waals surface area contributed by atoms with E-state index in [9.17, 15) is 9.59 Å². The van der Waals surface area contributed by atoms with Crippen LogP contribution >= 0.6 is 0 Å². The molecule has 0 aromatic carbocycles. The van der Waals surface area contributed by atoms with Crippen LogP contribution in [0.15, 0.2) is 0 Å². The van der Waals surface area contributed by atoms with E-state index in [0.29, 0.717) is 25.8 Å². The van der Waals surface area contributed by atoms with Gasteiger partial charge in [0.2, 0.25) is 6.41 Å². The Morgan fingerprint density at radius 1 is 1.67 bits per heavy atom. The van der Waals surface area contributed by atoms with E-state index >= 15 is 0 Å². The molecule has 0 aromatic heterocycles. The van der Waals surface area contributed by atoms with Crippen molar-refractivity contribution in [1.82, 2.24) is 10.6 Å². The lowest BCUT2D eigenvalue weighted by Gasteiger charge is -2.09. The molecule has 1 unspecified atom stereocenters. The van der Waals surface area contributed by atoms with Crippen molar-refractivity contribution in [2.24, 2.45) is 0 Å². The van der Waals surface area contributed by atoms with Gasteiger partial charge in [-0.2, -0.15) is 0 Å². The number of carboxylic acid groups (broad SMARTS) is 1. The van der Waals surface area contributed by atoms with Crippen LogP contribution < -0.4 is 10.6 Å². The number of nitrogens with one attached hydrogen (secondary N) is 2. The molecule has 0 saturated carbocycles. The minimum absolute atomic E-state index is 0.515. The summed E-state index contributed by atoms with van der Waals surface area (Å²) in [4.78, 5) is 20.3. The summed E-state index contributed by atoms with van der Waals surface area (Å²) in [6.45, 7) is 0.523. The van der Waals surface area contributed by atoms with Crippen molar-refractivity contribution < 1.29 is 14.7 Å². The summed E-state index contributed by atoms with van der Waals surface area (Å²) in [5, 5.41) is 13.7. The number of amides is 1. The van der Waals surface area contributed by atoms with Gasteiger partial charge in [0, 0.05) is 6.54 Å². The highest BCUT2D eigenvalue weighted by molar-refractivity contribution is 5.73. The molecular weight excluding hydrogens is 160 g/mol. The quantitative estimate of drug-likeness (QED) is 0.348. The fourth-order valence-electron chi connectivity index (χ4n) is 0.858. The Bertz CT molecular complexity index is 150. The standard InChI is InChI=1S/C7H14N2O3/c1-8-6(7(11)12)3-2-4-9-5-10/h5-6,8H,2-4H2,1H3,(H,9,10)(H,11,12). The van der Waals surface area contributed by atoms with E-state index in [1.54, 1.807) is 7.05 Å². The van der Waals surface area contributed by atoms with Gasteiger partial charge in [-0.1, -0.05) is 0 Å². The fourth-order valence-corrected chi connectivity index (χ4v) is 0.858. The van der Waals surface area contributed by atoms with E-state index in [4.69, 9.17) is 5.11 Å². The second-order valence-corrected chi connectivity index (χ2v) is 2.39.